The van der Waals surface area contributed by atoms with Crippen molar-refractivity contribution < 1.29 is 14.7 Å². The van der Waals surface area contributed by atoms with Crippen LogP contribution in [0, 0.1) is 5.92 Å². The fourth-order valence-corrected chi connectivity index (χ4v) is 3.55. The first-order valence-corrected chi connectivity index (χ1v) is 7.73. The summed E-state index contributed by atoms with van der Waals surface area (Å²) in [5.74, 6) is -1.22. The van der Waals surface area contributed by atoms with Gasteiger partial charge in [-0.15, -0.1) is 11.3 Å². The van der Waals surface area contributed by atoms with Gasteiger partial charge in [0.1, 0.15) is 0 Å². The smallest absolute Gasteiger partial charge is 0.331 e. The molecule has 0 aromatic carbocycles. The van der Waals surface area contributed by atoms with Crippen LogP contribution in [-0.4, -0.2) is 35.0 Å². The zero-order valence-electron chi connectivity index (χ0n) is 11.5. The van der Waals surface area contributed by atoms with Gasteiger partial charge >= 0.3 is 5.97 Å². The number of hydrogen-bond donors (Lipinski definition) is 2. The maximum absolute atomic E-state index is 12.5. The second-order valence-corrected chi connectivity index (χ2v) is 6.15. The van der Waals surface area contributed by atoms with Crippen molar-refractivity contribution in [2.75, 3.05) is 13.1 Å². The number of rotatable bonds is 5. The van der Waals surface area contributed by atoms with Crippen LogP contribution in [0.5, 0.6) is 0 Å². The van der Waals surface area contributed by atoms with Gasteiger partial charge in [-0.3, -0.25) is 4.79 Å². The Morgan fingerprint density at radius 1 is 1.60 bits per heavy atom. The molecule has 0 radical (unpaired) electrons. The quantitative estimate of drug-likeness (QED) is 0.865. The van der Waals surface area contributed by atoms with Gasteiger partial charge in [-0.25, -0.2) is 4.79 Å². The largest absolute Gasteiger partial charge is 0.479 e. The average molecular weight is 296 g/mol. The molecular formula is C14H20N2O3S. The Morgan fingerprint density at radius 3 is 3.00 bits per heavy atom. The minimum absolute atomic E-state index is 0.0808. The van der Waals surface area contributed by atoms with Gasteiger partial charge in [0, 0.05) is 17.3 Å². The first kappa shape index (κ1) is 15.0. The molecule has 2 heterocycles. The van der Waals surface area contributed by atoms with E-state index >= 15 is 0 Å². The van der Waals surface area contributed by atoms with Gasteiger partial charge in [0.25, 0.3) is 0 Å². The number of fused-ring (bicyclic) bond motifs is 1. The summed E-state index contributed by atoms with van der Waals surface area (Å²) in [4.78, 5) is 26.6. The lowest BCUT2D eigenvalue weighted by Crippen LogP contribution is -2.45. The summed E-state index contributed by atoms with van der Waals surface area (Å²) in [6, 6.07) is 0.987. The number of nitrogens with zero attached hydrogens (tertiary/aromatic N) is 1. The molecule has 0 aliphatic carbocycles. The van der Waals surface area contributed by atoms with Crippen LogP contribution in [0.25, 0.3) is 0 Å². The molecule has 3 N–H and O–H groups in total. The number of hydrogen-bond acceptors (Lipinski definition) is 4. The van der Waals surface area contributed by atoms with Gasteiger partial charge in [-0.2, -0.15) is 0 Å². The molecule has 1 aromatic rings. The molecule has 20 heavy (non-hydrogen) atoms. The van der Waals surface area contributed by atoms with Crippen LogP contribution >= 0.6 is 11.3 Å². The van der Waals surface area contributed by atoms with Gasteiger partial charge in [-0.1, -0.05) is 6.92 Å². The number of thiophene rings is 1. The summed E-state index contributed by atoms with van der Waals surface area (Å²) in [5.41, 5.74) is 6.23. The van der Waals surface area contributed by atoms with E-state index < -0.39 is 12.0 Å². The third-order valence-electron chi connectivity index (χ3n) is 3.75. The van der Waals surface area contributed by atoms with Gasteiger partial charge in [0.2, 0.25) is 5.91 Å². The van der Waals surface area contributed by atoms with Crippen LogP contribution in [0.4, 0.5) is 0 Å². The molecule has 1 amide bonds. The molecule has 1 aliphatic rings. The maximum Gasteiger partial charge on any atom is 0.331 e. The topological polar surface area (TPSA) is 83.6 Å². The van der Waals surface area contributed by atoms with E-state index in [2.05, 4.69) is 0 Å². The summed E-state index contributed by atoms with van der Waals surface area (Å²) in [7, 11) is 0. The van der Waals surface area contributed by atoms with Crippen molar-refractivity contribution in [3.63, 3.8) is 0 Å². The monoisotopic (exact) mass is 296 g/mol. The van der Waals surface area contributed by atoms with Crippen molar-refractivity contribution in [2.45, 2.75) is 32.2 Å². The Morgan fingerprint density at radius 2 is 2.35 bits per heavy atom. The predicted molar refractivity (Wildman–Crippen MR) is 77.6 cm³/mol. The molecule has 0 saturated heterocycles. The highest BCUT2D eigenvalue weighted by atomic mass is 32.1. The number of nitrogens with two attached hydrogens (primary N) is 1. The first-order chi connectivity index (χ1) is 9.56. The van der Waals surface area contributed by atoms with Crippen LogP contribution in [-0.2, 0) is 16.0 Å². The summed E-state index contributed by atoms with van der Waals surface area (Å²) < 4.78 is 0. The van der Waals surface area contributed by atoms with E-state index in [0.29, 0.717) is 19.5 Å². The second-order valence-electron chi connectivity index (χ2n) is 5.15. The lowest BCUT2D eigenvalue weighted by Gasteiger charge is -2.35. The van der Waals surface area contributed by atoms with Gasteiger partial charge < -0.3 is 15.7 Å². The van der Waals surface area contributed by atoms with Crippen LogP contribution in [0.3, 0.4) is 0 Å². The maximum atomic E-state index is 12.5. The summed E-state index contributed by atoms with van der Waals surface area (Å²) in [6.07, 6.45) is 2.23. The molecule has 0 saturated carbocycles. The second kappa shape index (κ2) is 6.37. The molecule has 110 valence electrons. The molecule has 1 aromatic heterocycles. The summed E-state index contributed by atoms with van der Waals surface area (Å²) >= 11 is 1.56. The van der Waals surface area contributed by atoms with Gasteiger partial charge in [0.15, 0.2) is 6.04 Å². The first-order valence-electron chi connectivity index (χ1n) is 6.86. The van der Waals surface area contributed by atoms with Crippen molar-refractivity contribution in [3.05, 3.63) is 21.9 Å². The minimum Gasteiger partial charge on any atom is -0.479 e. The lowest BCUT2D eigenvalue weighted by atomic mass is 9.96. The normalized spacial score (nSPS) is 19.5. The fourth-order valence-electron chi connectivity index (χ4n) is 2.65. The molecule has 2 atom stereocenters. The third kappa shape index (κ3) is 2.86. The van der Waals surface area contributed by atoms with Gasteiger partial charge in [-0.05, 0) is 42.8 Å². The van der Waals surface area contributed by atoms with E-state index in [1.165, 1.54) is 4.90 Å². The van der Waals surface area contributed by atoms with Crippen molar-refractivity contribution >= 4 is 23.2 Å². The highest BCUT2D eigenvalue weighted by molar-refractivity contribution is 7.10. The highest BCUT2D eigenvalue weighted by Gasteiger charge is 2.37. The molecule has 1 aliphatic heterocycles. The van der Waals surface area contributed by atoms with E-state index in [1.54, 1.807) is 11.3 Å². The van der Waals surface area contributed by atoms with E-state index in [1.807, 2.05) is 18.4 Å². The average Bonchev–Trinajstić information content (AvgIpc) is 2.90. The molecule has 0 fully saturated rings. The van der Waals surface area contributed by atoms with Gasteiger partial charge in [0.05, 0.1) is 0 Å². The predicted octanol–water partition coefficient (Wildman–Crippen LogP) is 1.63. The highest BCUT2D eigenvalue weighted by Crippen LogP contribution is 2.34. The minimum atomic E-state index is -0.955. The molecule has 0 bridgehead atoms. The Labute approximate surface area is 122 Å². The number of carbonyl (C=O) groups excluding carboxylic acids is 1. The van der Waals surface area contributed by atoms with E-state index in [9.17, 15) is 14.7 Å². The zero-order valence-corrected chi connectivity index (χ0v) is 12.4. The van der Waals surface area contributed by atoms with E-state index in [0.717, 1.165) is 23.3 Å². The summed E-state index contributed by atoms with van der Waals surface area (Å²) in [6.45, 7) is 2.88. The van der Waals surface area contributed by atoms with Crippen molar-refractivity contribution in [1.29, 1.82) is 0 Å². The number of carbonyl (C=O) groups is 2. The third-order valence-corrected chi connectivity index (χ3v) is 4.74. The summed E-state index contributed by atoms with van der Waals surface area (Å²) in [5, 5.41) is 11.4. The van der Waals surface area contributed by atoms with E-state index in [4.69, 9.17) is 5.73 Å². The molecule has 2 unspecified atom stereocenters. The molecule has 2 rings (SSSR count). The van der Waals surface area contributed by atoms with E-state index in [-0.39, 0.29) is 11.8 Å². The number of carboxylic acids is 1. The van der Waals surface area contributed by atoms with Crippen LogP contribution in [0.15, 0.2) is 11.4 Å². The molecule has 6 heteroatoms. The fraction of sp³-hybridized carbons (Fsp3) is 0.571. The Balaban J connectivity index is 2.19. The Hall–Kier alpha value is -1.40. The van der Waals surface area contributed by atoms with Crippen LogP contribution in [0.1, 0.15) is 36.2 Å². The molecular weight excluding hydrogens is 276 g/mol. The Bertz CT molecular complexity index is 500. The van der Waals surface area contributed by atoms with Crippen molar-refractivity contribution in [1.82, 2.24) is 4.90 Å². The van der Waals surface area contributed by atoms with Crippen molar-refractivity contribution in [3.8, 4) is 0 Å². The number of carboxylic acid groups (broad SMARTS) is 1. The molecule has 5 nitrogen and oxygen atoms in total. The lowest BCUT2D eigenvalue weighted by molar-refractivity contribution is -0.152. The van der Waals surface area contributed by atoms with Crippen LogP contribution in [0.2, 0.25) is 0 Å². The Kier molecular flexibility index (Phi) is 4.77. The molecule has 0 spiro atoms. The van der Waals surface area contributed by atoms with Crippen LogP contribution < -0.4 is 5.73 Å². The van der Waals surface area contributed by atoms with Crippen molar-refractivity contribution in [2.24, 2.45) is 11.7 Å². The number of aliphatic carboxylic acids is 1. The standard InChI is InChI=1S/C14H20N2O3S/c1-9(3-2-6-15)13(17)16-7-4-11-10(5-8-20-11)12(16)14(18)19/h5,8-9,12H,2-4,6-7,15H2,1H3,(H,18,19). The SMILES string of the molecule is CC(CCCN)C(=O)N1CCc2sccc2C1C(=O)O. The number of amides is 1. The zero-order chi connectivity index (χ0) is 14.7.